The molecule has 2 heterocycles. The molecule has 5 heteroatoms. The van der Waals surface area contributed by atoms with E-state index in [-0.39, 0.29) is 12.5 Å². The molecule has 1 amide bonds. The van der Waals surface area contributed by atoms with Crippen LogP contribution in [-0.4, -0.2) is 16.0 Å². The molecule has 0 aliphatic rings. The molecule has 0 unspecified atom stereocenters. The number of thiophene rings is 1. The lowest BCUT2D eigenvalue weighted by atomic mass is 10.1. The highest BCUT2D eigenvalue weighted by atomic mass is 32.1. The first-order valence-electron chi connectivity index (χ1n) is 7.56. The van der Waals surface area contributed by atoms with Gasteiger partial charge in [-0.25, -0.2) is 0 Å². The highest BCUT2D eigenvalue weighted by Crippen LogP contribution is 2.26. The number of pyridine rings is 1. The van der Waals surface area contributed by atoms with E-state index in [1.165, 1.54) is 15.6 Å². The maximum Gasteiger partial charge on any atom is 0.224 e. The van der Waals surface area contributed by atoms with E-state index in [4.69, 9.17) is 0 Å². The van der Waals surface area contributed by atoms with E-state index in [1.54, 1.807) is 29.8 Å². The third-order valence-corrected chi connectivity index (χ3v) is 4.78. The molecule has 1 aromatic carbocycles. The molecular formula is C18H18N2O2S. The van der Waals surface area contributed by atoms with Gasteiger partial charge in [-0.05, 0) is 41.3 Å². The molecule has 2 aromatic heterocycles. The standard InChI is InChI=1S/C18H18N2O2S/c21-11-13-8-9-19-10-16(13)20-18(22)7-3-4-14-12-23-17-6-2-1-5-15(14)17/h1-2,5-6,8-10,12,21H,3-4,7,11H2,(H,20,22). The molecule has 0 spiro atoms. The number of nitrogens with zero attached hydrogens (tertiary/aromatic N) is 1. The lowest BCUT2D eigenvalue weighted by molar-refractivity contribution is -0.116. The van der Waals surface area contributed by atoms with Crippen LogP contribution in [0.3, 0.4) is 0 Å². The minimum absolute atomic E-state index is 0.0489. The maximum atomic E-state index is 12.1. The molecule has 23 heavy (non-hydrogen) atoms. The van der Waals surface area contributed by atoms with E-state index in [9.17, 15) is 9.90 Å². The third-order valence-electron chi connectivity index (χ3n) is 3.77. The minimum Gasteiger partial charge on any atom is -0.392 e. The Hall–Kier alpha value is -2.24. The second-order valence-corrected chi connectivity index (χ2v) is 6.26. The Labute approximate surface area is 138 Å². The number of benzene rings is 1. The predicted molar refractivity (Wildman–Crippen MR) is 93.6 cm³/mol. The fraction of sp³-hybridized carbons (Fsp3) is 0.222. The van der Waals surface area contributed by atoms with Crippen LogP contribution in [0.1, 0.15) is 24.0 Å². The van der Waals surface area contributed by atoms with Crippen molar-refractivity contribution in [3.05, 3.63) is 59.2 Å². The first-order chi connectivity index (χ1) is 11.3. The van der Waals surface area contributed by atoms with Crippen LogP contribution in [0, 0.1) is 0 Å². The fourth-order valence-corrected chi connectivity index (χ4v) is 3.55. The quantitative estimate of drug-likeness (QED) is 0.725. The van der Waals surface area contributed by atoms with Gasteiger partial charge in [-0.1, -0.05) is 18.2 Å². The molecule has 0 saturated heterocycles. The number of amides is 1. The Balaban J connectivity index is 1.55. The lowest BCUT2D eigenvalue weighted by Gasteiger charge is -2.08. The SMILES string of the molecule is O=C(CCCc1csc2ccccc12)Nc1cnccc1CO. The van der Waals surface area contributed by atoms with Crippen LogP contribution < -0.4 is 5.32 Å². The number of aliphatic hydroxyl groups is 1. The van der Waals surface area contributed by atoms with Crippen LogP contribution in [0.2, 0.25) is 0 Å². The van der Waals surface area contributed by atoms with Gasteiger partial charge in [-0.2, -0.15) is 0 Å². The molecule has 0 bridgehead atoms. The third kappa shape index (κ3) is 3.75. The zero-order valence-electron chi connectivity index (χ0n) is 12.7. The molecule has 0 radical (unpaired) electrons. The van der Waals surface area contributed by atoms with Crippen LogP contribution >= 0.6 is 11.3 Å². The number of aliphatic hydroxyl groups excluding tert-OH is 1. The number of anilines is 1. The Morgan fingerprint density at radius 2 is 2.09 bits per heavy atom. The van der Waals surface area contributed by atoms with E-state index in [0.717, 1.165) is 12.8 Å². The molecule has 3 rings (SSSR count). The number of hydrogen-bond acceptors (Lipinski definition) is 4. The number of carbonyl (C=O) groups is 1. The van der Waals surface area contributed by atoms with Crippen molar-refractivity contribution in [2.24, 2.45) is 0 Å². The highest BCUT2D eigenvalue weighted by Gasteiger charge is 2.08. The van der Waals surface area contributed by atoms with Gasteiger partial charge in [0.15, 0.2) is 0 Å². The second kappa shape index (κ2) is 7.35. The number of hydrogen-bond donors (Lipinski definition) is 2. The topological polar surface area (TPSA) is 62.2 Å². The number of fused-ring (bicyclic) bond motifs is 1. The summed E-state index contributed by atoms with van der Waals surface area (Å²) in [5.74, 6) is -0.0489. The van der Waals surface area contributed by atoms with Crippen molar-refractivity contribution in [1.82, 2.24) is 4.98 Å². The number of carbonyl (C=O) groups excluding carboxylic acids is 1. The van der Waals surface area contributed by atoms with Gasteiger partial charge in [-0.3, -0.25) is 9.78 Å². The lowest BCUT2D eigenvalue weighted by Crippen LogP contribution is -2.13. The molecule has 4 nitrogen and oxygen atoms in total. The molecule has 3 aromatic rings. The molecule has 0 aliphatic heterocycles. The van der Waals surface area contributed by atoms with Gasteiger partial charge in [-0.15, -0.1) is 11.3 Å². The van der Waals surface area contributed by atoms with Crippen molar-refractivity contribution < 1.29 is 9.90 Å². The summed E-state index contributed by atoms with van der Waals surface area (Å²) in [5.41, 5.74) is 2.56. The zero-order valence-corrected chi connectivity index (χ0v) is 13.5. The van der Waals surface area contributed by atoms with E-state index in [0.29, 0.717) is 17.7 Å². The average Bonchev–Trinajstić information content (AvgIpc) is 2.99. The van der Waals surface area contributed by atoms with Crippen LogP contribution in [0.25, 0.3) is 10.1 Å². The zero-order chi connectivity index (χ0) is 16.1. The normalized spacial score (nSPS) is 10.8. The Morgan fingerprint density at radius 3 is 2.96 bits per heavy atom. The number of aryl methyl sites for hydroxylation is 1. The highest BCUT2D eigenvalue weighted by molar-refractivity contribution is 7.17. The van der Waals surface area contributed by atoms with Gasteiger partial charge in [0.25, 0.3) is 0 Å². The Kier molecular flexibility index (Phi) is 5.00. The number of rotatable bonds is 6. The first-order valence-corrected chi connectivity index (χ1v) is 8.44. The van der Waals surface area contributed by atoms with Gasteiger partial charge >= 0.3 is 0 Å². The molecule has 0 atom stereocenters. The molecule has 0 saturated carbocycles. The maximum absolute atomic E-state index is 12.1. The second-order valence-electron chi connectivity index (χ2n) is 5.35. The van der Waals surface area contributed by atoms with Crippen molar-refractivity contribution in [3.63, 3.8) is 0 Å². The van der Waals surface area contributed by atoms with Crippen molar-refractivity contribution >= 4 is 33.0 Å². The van der Waals surface area contributed by atoms with Gasteiger partial charge in [0.2, 0.25) is 5.91 Å². The van der Waals surface area contributed by atoms with Crippen molar-refractivity contribution in [2.45, 2.75) is 25.9 Å². The summed E-state index contributed by atoms with van der Waals surface area (Å²) in [6.45, 7) is -0.112. The van der Waals surface area contributed by atoms with Crippen LogP contribution in [0.15, 0.2) is 48.1 Å². The van der Waals surface area contributed by atoms with E-state index in [1.807, 2.05) is 12.1 Å². The van der Waals surface area contributed by atoms with E-state index >= 15 is 0 Å². The van der Waals surface area contributed by atoms with Gasteiger partial charge in [0.1, 0.15) is 0 Å². The van der Waals surface area contributed by atoms with Crippen LogP contribution in [0.5, 0.6) is 0 Å². The van der Waals surface area contributed by atoms with Crippen molar-refractivity contribution in [1.29, 1.82) is 0 Å². The average molecular weight is 326 g/mol. The van der Waals surface area contributed by atoms with Crippen LogP contribution in [-0.2, 0) is 17.8 Å². The van der Waals surface area contributed by atoms with Gasteiger partial charge < -0.3 is 10.4 Å². The number of nitrogens with one attached hydrogen (secondary N) is 1. The number of aromatic nitrogens is 1. The molecule has 0 fully saturated rings. The van der Waals surface area contributed by atoms with Crippen molar-refractivity contribution in [2.75, 3.05) is 5.32 Å². The van der Waals surface area contributed by atoms with E-state index in [2.05, 4.69) is 27.8 Å². The molecular weight excluding hydrogens is 308 g/mol. The summed E-state index contributed by atoms with van der Waals surface area (Å²) in [6, 6.07) is 10.0. The first kappa shape index (κ1) is 15.6. The largest absolute Gasteiger partial charge is 0.392 e. The molecule has 118 valence electrons. The molecule has 2 N–H and O–H groups in total. The summed E-state index contributed by atoms with van der Waals surface area (Å²) in [4.78, 5) is 16.0. The summed E-state index contributed by atoms with van der Waals surface area (Å²) in [5, 5.41) is 15.5. The predicted octanol–water partition coefficient (Wildman–Crippen LogP) is 3.75. The Morgan fingerprint density at radius 1 is 1.22 bits per heavy atom. The van der Waals surface area contributed by atoms with Crippen LogP contribution in [0.4, 0.5) is 5.69 Å². The van der Waals surface area contributed by atoms with Crippen molar-refractivity contribution in [3.8, 4) is 0 Å². The summed E-state index contributed by atoms with van der Waals surface area (Å²) in [6.07, 6.45) is 5.29. The minimum atomic E-state index is -0.112. The molecule has 0 aliphatic carbocycles. The Bertz CT molecular complexity index is 813. The summed E-state index contributed by atoms with van der Waals surface area (Å²) in [7, 11) is 0. The van der Waals surface area contributed by atoms with Gasteiger partial charge in [0.05, 0.1) is 18.5 Å². The summed E-state index contributed by atoms with van der Waals surface area (Å²) >= 11 is 1.74. The monoisotopic (exact) mass is 326 g/mol. The van der Waals surface area contributed by atoms with E-state index < -0.39 is 0 Å². The smallest absolute Gasteiger partial charge is 0.224 e. The summed E-state index contributed by atoms with van der Waals surface area (Å²) < 4.78 is 1.29. The fourth-order valence-electron chi connectivity index (χ4n) is 2.55. The van der Waals surface area contributed by atoms with Gasteiger partial charge in [0, 0.05) is 22.9 Å².